The predicted molar refractivity (Wildman–Crippen MR) is 63.4 cm³/mol. The van der Waals surface area contributed by atoms with E-state index < -0.39 is 0 Å². The topological polar surface area (TPSA) is 47.7 Å². The molecule has 4 nitrogen and oxygen atoms in total. The van der Waals surface area contributed by atoms with E-state index in [4.69, 9.17) is 15.2 Å². The summed E-state index contributed by atoms with van der Waals surface area (Å²) < 4.78 is 11.6. The molecule has 4 heteroatoms. The molecule has 0 spiro atoms. The number of ether oxygens (including phenoxy) is 2. The molecule has 0 aromatic rings. The fourth-order valence-corrected chi connectivity index (χ4v) is 2.53. The summed E-state index contributed by atoms with van der Waals surface area (Å²) in [6, 6.07) is 0.232. The van der Waals surface area contributed by atoms with E-state index in [0.717, 1.165) is 32.5 Å². The van der Waals surface area contributed by atoms with Gasteiger partial charge in [-0.15, -0.1) is 0 Å². The van der Waals surface area contributed by atoms with Gasteiger partial charge in [0, 0.05) is 19.1 Å². The maximum Gasteiger partial charge on any atom is 0.0935 e. The van der Waals surface area contributed by atoms with Gasteiger partial charge in [-0.25, -0.2) is 0 Å². The molecular formula is C12H24N2O2. The fraction of sp³-hybridized carbons (Fsp3) is 1.00. The zero-order valence-corrected chi connectivity index (χ0v) is 10.2. The van der Waals surface area contributed by atoms with Crippen LogP contribution in [0.15, 0.2) is 0 Å². The molecule has 1 aliphatic heterocycles. The van der Waals surface area contributed by atoms with Crippen molar-refractivity contribution in [3.05, 3.63) is 0 Å². The van der Waals surface area contributed by atoms with Crippen LogP contribution in [0, 0.1) is 0 Å². The summed E-state index contributed by atoms with van der Waals surface area (Å²) in [6.07, 6.45) is 5.21. The van der Waals surface area contributed by atoms with Gasteiger partial charge in [-0.05, 0) is 19.9 Å². The van der Waals surface area contributed by atoms with E-state index in [2.05, 4.69) is 11.9 Å². The zero-order chi connectivity index (χ0) is 11.4. The van der Waals surface area contributed by atoms with E-state index in [-0.39, 0.29) is 18.2 Å². The molecule has 3 atom stereocenters. The molecule has 0 aromatic heterocycles. The molecule has 0 amide bonds. The third-order valence-corrected chi connectivity index (χ3v) is 3.59. The van der Waals surface area contributed by atoms with Crippen molar-refractivity contribution in [2.24, 2.45) is 5.73 Å². The lowest BCUT2D eigenvalue weighted by molar-refractivity contribution is -0.0890. The Balaban J connectivity index is 1.69. The van der Waals surface area contributed by atoms with Crippen molar-refractivity contribution in [1.82, 2.24) is 4.90 Å². The average Bonchev–Trinajstić information content (AvgIpc) is 2.28. The van der Waals surface area contributed by atoms with Crippen LogP contribution in [0.1, 0.15) is 25.7 Å². The first-order chi connectivity index (χ1) is 7.75. The number of hydrogen-bond acceptors (Lipinski definition) is 4. The van der Waals surface area contributed by atoms with Crippen LogP contribution in [0.4, 0.5) is 0 Å². The average molecular weight is 228 g/mol. The normalized spacial score (nSPS) is 37.5. The number of nitrogens with two attached hydrogens (primary N) is 1. The van der Waals surface area contributed by atoms with Gasteiger partial charge in [-0.1, -0.05) is 12.8 Å². The first-order valence-electron chi connectivity index (χ1n) is 6.43. The Kier molecular flexibility index (Phi) is 4.58. The van der Waals surface area contributed by atoms with Gasteiger partial charge in [-0.2, -0.15) is 0 Å². The third kappa shape index (κ3) is 3.42. The lowest BCUT2D eigenvalue weighted by Gasteiger charge is -2.33. The Morgan fingerprint density at radius 3 is 2.94 bits per heavy atom. The Morgan fingerprint density at radius 1 is 1.38 bits per heavy atom. The second-order valence-electron chi connectivity index (χ2n) is 5.08. The third-order valence-electron chi connectivity index (χ3n) is 3.59. The second kappa shape index (κ2) is 5.96. The summed E-state index contributed by atoms with van der Waals surface area (Å²) in [5, 5.41) is 0. The highest BCUT2D eigenvalue weighted by atomic mass is 16.5. The van der Waals surface area contributed by atoms with Crippen molar-refractivity contribution in [1.29, 1.82) is 0 Å². The molecule has 1 saturated heterocycles. The lowest BCUT2D eigenvalue weighted by Crippen LogP contribution is -2.45. The molecular weight excluding hydrogens is 204 g/mol. The van der Waals surface area contributed by atoms with Crippen molar-refractivity contribution in [3.8, 4) is 0 Å². The molecule has 1 saturated carbocycles. The highest BCUT2D eigenvalue weighted by Crippen LogP contribution is 2.20. The van der Waals surface area contributed by atoms with Crippen LogP contribution in [0.5, 0.6) is 0 Å². The van der Waals surface area contributed by atoms with E-state index in [0.29, 0.717) is 6.61 Å². The van der Waals surface area contributed by atoms with Crippen molar-refractivity contribution in [3.63, 3.8) is 0 Å². The SMILES string of the molecule is CN1CCOC(COC2CCCCC2N)C1. The Labute approximate surface area is 98.1 Å². The molecule has 2 aliphatic rings. The van der Waals surface area contributed by atoms with Gasteiger partial charge < -0.3 is 20.1 Å². The van der Waals surface area contributed by atoms with Crippen LogP contribution in [0.25, 0.3) is 0 Å². The summed E-state index contributed by atoms with van der Waals surface area (Å²) in [6.45, 7) is 3.52. The monoisotopic (exact) mass is 228 g/mol. The number of hydrogen-bond donors (Lipinski definition) is 1. The summed E-state index contributed by atoms with van der Waals surface area (Å²) >= 11 is 0. The summed E-state index contributed by atoms with van der Waals surface area (Å²) in [7, 11) is 2.13. The molecule has 3 unspecified atom stereocenters. The van der Waals surface area contributed by atoms with Crippen molar-refractivity contribution >= 4 is 0 Å². The van der Waals surface area contributed by atoms with Gasteiger partial charge in [-0.3, -0.25) is 0 Å². The van der Waals surface area contributed by atoms with Crippen molar-refractivity contribution < 1.29 is 9.47 Å². The van der Waals surface area contributed by atoms with Crippen LogP contribution in [-0.4, -0.2) is 56.5 Å². The molecule has 1 aliphatic carbocycles. The van der Waals surface area contributed by atoms with Crippen molar-refractivity contribution in [2.45, 2.75) is 43.9 Å². The maximum atomic E-state index is 6.05. The minimum Gasteiger partial charge on any atom is -0.374 e. The molecule has 0 bridgehead atoms. The van der Waals surface area contributed by atoms with Crippen LogP contribution in [0.3, 0.4) is 0 Å². The highest BCUT2D eigenvalue weighted by Gasteiger charge is 2.25. The molecule has 2 N–H and O–H groups in total. The van der Waals surface area contributed by atoms with E-state index in [1.54, 1.807) is 0 Å². The highest BCUT2D eigenvalue weighted by molar-refractivity contribution is 4.79. The molecule has 2 rings (SSSR count). The number of likely N-dealkylation sites (N-methyl/N-ethyl adjacent to an activating group) is 1. The maximum absolute atomic E-state index is 6.05. The predicted octanol–water partition coefficient (Wildman–Crippen LogP) is 0.604. The number of rotatable bonds is 3. The number of morpholine rings is 1. The quantitative estimate of drug-likeness (QED) is 0.768. The fourth-order valence-electron chi connectivity index (χ4n) is 2.53. The Hall–Kier alpha value is -0.160. The lowest BCUT2D eigenvalue weighted by atomic mass is 9.93. The minimum atomic E-state index is 0.230. The van der Waals surface area contributed by atoms with E-state index in [9.17, 15) is 0 Å². The van der Waals surface area contributed by atoms with Gasteiger partial charge in [0.2, 0.25) is 0 Å². The van der Waals surface area contributed by atoms with Crippen LogP contribution in [0.2, 0.25) is 0 Å². The summed E-state index contributed by atoms with van der Waals surface area (Å²) in [4.78, 5) is 2.29. The minimum absolute atomic E-state index is 0.230. The first kappa shape index (κ1) is 12.3. The van der Waals surface area contributed by atoms with E-state index in [1.165, 1.54) is 12.8 Å². The van der Waals surface area contributed by atoms with Crippen LogP contribution >= 0.6 is 0 Å². The standard InChI is InChI=1S/C12H24N2O2/c1-14-6-7-15-10(8-14)9-16-12-5-3-2-4-11(12)13/h10-12H,2-9,13H2,1H3. The molecule has 16 heavy (non-hydrogen) atoms. The molecule has 2 fully saturated rings. The van der Waals surface area contributed by atoms with Crippen LogP contribution < -0.4 is 5.73 Å². The largest absolute Gasteiger partial charge is 0.374 e. The molecule has 0 radical (unpaired) electrons. The van der Waals surface area contributed by atoms with Gasteiger partial charge in [0.05, 0.1) is 25.4 Å². The van der Waals surface area contributed by atoms with Gasteiger partial charge in [0.25, 0.3) is 0 Å². The molecule has 94 valence electrons. The second-order valence-corrected chi connectivity index (χ2v) is 5.08. The first-order valence-corrected chi connectivity index (χ1v) is 6.43. The van der Waals surface area contributed by atoms with Crippen molar-refractivity contribution in [2.75, 3.05) is 33.4 Å². The van der Waals surface area contributed by atoms with Crippen LogP contribution in [-0.2, 0) is 9.47 Å². The zero-order valence-electron chi connectivity index (χ0n) is 10.2. The van der Waals surface area contributed by atoms with Gasteiger partial charge >= 0.3 is 0 Å². The van der Waals surface area contributed by atoms with Gasteiger partial charge in [0.1, 0.15) is 0 Å². The smallest absolute Gasteiger partial charge is 0.0935 e. The Morgan fingerprint density at radius 2 is 2.19 bits per heavy atom. The number of nitrogens with zero attached hydrogens (tertiary/aromatic N) is 1. The van der Waals surface area contributed by atoms with E-state index >= 15 is 0 Å². The molecule has 0 aromatic carbocycles. The van der Waals surface area contributed by atoms with Gasteiger partial charge in [0.15, 0.2) is 0 Å². The summed E-state index contributed by atoms with van der Waals surface area (Å²) in [5.41, 5.74) is 6.05. The van der Waals surface area contributed by atoms with E-state index in [1.807, 2.05) is 0 Å². The Bertz CT molecular complexity index is 213. The molecule has 1 heterocycles. The summed E-state index contributed by atoms with van der Waals surface area (Å²) in [5.74, 6) is 0.